The minimum absolute atomic E-state index is 0.0878. The zero-order valence-corrected chi connectivity index (χ0v) is 19.8. The van der Waals surface area contributed by atoms with Gasteiger partial charge >= 0.3 is 5.97 Å². The van der Waals surface area contributed by atoms with Crippen LogP contribution in [0.1, 0.15) is 52.5 Å². The average molecular weight is 440 g/mol. The van der Waals surface area contributed by atoms with Crippen LogP contribution in [0.5, 0.6) is 5.75 Å². The van der Waals surface area contributed by atoms with Crippen LogP contribution in [0.2, 0.25) is 0 Å². The first-order valence-corrected chi connectivity index (χ1v) is 10.8. The standard InChI is InChI=1S/C26H33NO5/c1-7-32-24(29)22(17-18(2)21-15-11-12-16-23(21)31-6)26(4,5)25(30)27(19(3)28)20-13-9-8-10-14-20/h8-16,18,22H,7,17H2,1-6H3/t18-,22+/m1/s1. The lowest BCUT2D eigenvalue weighted by Crippen LogP contribution is -2.49. The van der Waals surface area contributed by atoms with Crippen LogP contribution in [-0.4, -0.2) is 31.5 Å². The van der Waals surface area contributed by atoms with E-state index in [2.05, 4.69) is 0 Å². The van der Waals surface area contributed by atoms with Crippen LogP contribution in [0.15, 0.2) is 54.6 Å². The van der Waals surface area contributed by atoms with Gasteiger partial charge in [-0.1, -0.05) is 57.2 Å². The van der Waals surface area contributed by atoms with Gasteiger partial charge in [-0.2, -0.15) is 0 Å². The zero-order valence-electron chi connectivity index (χ0n) is 19.8. The molecule has 0 saturated carbocycles. The van der Waals surface area contributed by atoms with Crippen molar-refractivity contribution in [3.63, 3.8) is 0 Å². The molecule has 6 heteroatoms. The number of para-hydroxylation sites is 2. The number of imide groups is 1. The molecule has 172 valence electrons. The number of carbonyl (C=O) groups is 3. The fourth-order valence-electron chi connectivity index (χ4n) is 3.94. The number of hydrogen-bond donors (Lipinski definition) is 0. The topological polar surface area (TPSA) is 72.9 Å². The van der Waals surface area contributed by atoms with Gasteiger partial charge in [-0.25, -0.2) is 0 Å². The van der Waals surface area contributed by atoms with Gasteiger partial charge < -0.3 is 9.47 Å². The molecule has 32 heavy (non-hydrogen) atoms. The highest BCUT2D eigenvalue weighted by Crippen LogP contribution is 2.40. The largest absolute Gasteiger partial charge is 0.496 e. The van der Waals surface area contributed by atoms with E-state index in [1.807, 2.05) is 37.3 Å². The van der Waals surface area contributed by atoms with Crippen molar-refractivity contribution in [3.8, 4) is 5.75 Å². The van der Waals surface area contributed by atoms with Crippen LogP contribution >= 0.6 is 0 Å². The Morgan fingerprint density at radius 1 is 1.00 bits per heavy atom. The summed E-state index contributed by atoms with van der Waals surface area (Å²) in [7, 11) is 1.60. The lowest BCUT2D eigenvalue weighted by molar-refractivity contribution is -0.157. The number of carbonyl (C=O) groups excluding carboxylic acids is 3. The summed E-state index contributed by atoms with van der Waals surface area (Å²) < 4.78 is 10.8. The van der Waals surface area contributed by atoms with Crippen molar-refractivity contribution in [2.45, 2.75) is 47.0 Å². The van der Waals surface area contributed by atoms with Crippen molar-refractivity contribution in [2.75, 3.05) is 18.6 Å². The number of esters is 1. The summed E-state index contributed by atoms with van der Waals surface area (Å²) in [6.07, 6.45) is 0.360. The Hall–Kier alpha value is -3.15. The van der Waals surface area contributed by atoms with E-state index in [1.54, 1.807) is 52.1 Å². The third-order valence-electron chi connectivity index (χ3n) is 5.78. The fourth-order valence-corrected chi connectivity index (χ4v) is 3.94. The van der Waals surface area contributed by atoms with E-state index in [0.717, 1.165) is 16.2 Å². The Morgan fingerprint density at radius 2 is 1.59 bits per heavy atom. The second-order valence-corrected chi connectivity index (χ2v) is 8.40. The minimum atomic E-state index is -1.19. The smallest absolute Gasteiger partial charge is 0.310 e. The fraction of sp³-hybridized carbons (Fsp3) is 0.423. The van der Waals surface area contributed by atoms with E-state index in [0.29, 0.717) is 12.1 Å². The van der Waals surface area contributed by atoms with Crippen LogP contribution in [0.4, 0.5) is 5.69 Å². The van der Waals surface area contributed by atoms with Crippen molar-refractivity contribution in [3.05, 3.63) is 60.2 Å². The summed E-state index contributed by atoms with van der Waals surface area (Å²) in [5.41, 5.74) is 0.224. The van der Waals surface area contributed by atoms with Crippen molar-refractivity contribution in [1.29, 1.82) is 0 Å². The van der Waals surface area contributed by atoms with Gasteiger partial charge in [0.25, 0.3) is 0 Å². The second-order valence-electron chi connectivity index (χ2n) is 8.40. The normalized spacial score (nSPS) is 13.1. The van der Waals surface area contributed by atoms with Crippen molar-refractivity contribution < 1.29 is 23.9 Å². The molecule has 0 aromatic heterocycles. The van der Waals surface area contributed by atoms with Crippen LogP contribution in [0.25, 0.3) is 0 Å². The van der Waals surface area contributed by atoms with Crippen molar-refractivity contribution in [2.24, 2.45) is 11.3 Å². The van der Waals surface area contributed by atoms with Gasteiger partial charge in [0, 0.05) is 6.92 Å². The predicted molar refractivity (Wildman–Crippen MR) is 125 cm³/mol. The summed E-state index contributed by atoms with van der Waals surface area (Å²) in [5, 5.41) is 0. The highest BCUT2D eigenvalue weighted by molar-refractivity contribution is 6.16. The predicted octanol–water partition coefficient (Wildman–Crippen LogP) is 4.97. The summed E-state index contributed by atoms with van der Waals surface area (Å²) in [5.74, 6) is -1.43. The molecule has 0 bridgehead atoms. The molecule has 0 aliphatic carbocycles. The van der Waals surface area contributed by atoms with Crippen LogP contribution in [-0.2, 0) is 19.1 Å². The van der Waals surface area contributed by atoms with Gasteiger partial charge in [0.1, 0.15) is 5.75 Å². The van der Waals surface area contributed by atoms with Gasteiger partial charge in [-0.15, -0.1) is 0 Å². The molecule has 2 aromatic carbocycles. The third-order valence-corrected chi connectivity index (χ3v) is 5.78. The zero-order chi connectivity index (χ0) is 23.9. The number of benzene rings is 2. The highest BCUT2D eigenvalue weighted by Gasteiger charge is 2.46. The molecule has 0 heterocycles. The molecule has 0 spiro atoms. The van der Waals surface area contributed by atoms with E-state index in [-0.39, 0.29) is 12.5 Å². The molecule has 0 aliphatic heterocycles. The Kier molecular flexibility index (Phi) is 8.58. The van der Waals surface area contributed by atoms with E-state index < -0.39 is 29.1 Å². The number of nitrogens with zero attached hydrogens (tertiary/aromatic N) is 1. The first kappa shape index (κ1) is 25.1. The molecule has 0 radical (unpaired) electrons. The molecular weight excluding hydrogens is 406 g/mol. The number of anilines is 1. The maximum atomic E-state index is 13.7. The number of amides is 2. The van der Waals surface area contributed by atoms with E-state index in [1.165, 1.54) is 6.92 Å². The molecule has 0 unspecified atom stereocenters. The van der Waals surface area contributed by atoms with Crippen molar-refractivity contribution in [1.82, 2.24) is 0 Å². The lowest BCUT2D eigenvalue weighted by Gasteiger charge is -2.36. The first-order valence-electron chi connectivity index (χ1n) is 10.8. The maximum Gasteiger partial charge on any atom is 0.310 e. The number of methoxy groups -OCH3 is 1. The average Bonchev–Trinajstić information content (AvgIpc) is 2.77. The molecule has 2 atom stereocenters. The Bertz CT molecular complexity index is 938. The van der Waals surface area contributed by atoms with Crippen LogP contribution in [0.3, 0.4) is 0 Å². The van der Waals surface area contributed by atoms with Gasteiger partial charge in [0.2, 0.25) is 11.8 Å². The minimum Gasteiger partial charge on any atom is -0.496 e. The van der Waals surface area contributed by atoms with Gasteiger partial charge in [0.15, 0.2) is 0 Å². The molecule has 2 aromatic rings. The molecule has 2 amide bonds. The van der Waals surface area contributed by atoms with E-state index in [9.17, 15) is 14.4 Å². The molecule has 6 nitrogen and oxygen atoms in total. The molecule has 0 fully saturated rings. The van der Waals surface area contributed by atoms with E-state index >= 15 is 0 Å². The van der Waals surface area contributed by atoms with Gasteiger partial charge in [0.05, 0.1) is 30.7 Å². The quantitative estimate of drug-likeness (QED) is 0.516. The summed E-state index contributed by atoms with van der Waals surface area (Å²) >= 11 is 0. The molecule has 0 saturated heterocycles. The second kappa shape index (κ2) is 10.9. The lowest BCUT2D eigenvalue weighted by atomic mass is 9.72. The Balaban J connectivity index is 2.44. The first-order chi connectivity index (χ1) is 15.1. The SMILES string of the molecule is CCOC(=O)[C@H](C[C@@H](C)c1ccccc1OC)C(C)(C)C(=O)N(C(C)=O)c1ccccc1. The maximum absolute atomic E-state index is 13.7. The monoisotopic (exact) mass is 439 g/mol. The van der Waals surface area contributed by atoms with Crippen LogP contribution < -0.4 is 9.64 Å². The van der Waals surface area contributed by atoms with E-state index in [4.69, 9.17) is 9.47 Å². The number of ether oxygens (including phenoxy) is 2. The third kappa shape index (κ3) is 5.55. The molecule has 2 rings (SSSR count). The Labute approximate surface area is 190 Å². The van der Waals surface area contributed by atoms with Crippen molar-refractivity contribution >= 4 is 23.5 Å². The van der Waals surface area contributed by atoms with Crippen LogP contribution in [0, 0.1) is 11.3 Å². The molecule has 0 N–H and O–H groups in total. The molecular formula is C26H33NO5. The van der Waals surface area contributed by atoms with Gasteiger partial charge in [-0.3, -0.25) is 19.3 Å². The Morgan fingerprint density at radius 3 is 2.16 bits per heavy atom. The highest BCUT2D eigenvalue weighted by atomic mass is 16.5. The van der Waals surface area contributed by atoms with Gasteiger partial charge in [-0.05, 0) is 43.0 Å². The summed E-state index contributed by atoms with van der Waals surface area (Å²) in [4.78, 5) is 40.3. The molecule has 0 aliphatic rings. The number of rotatable bonds is 9. The summed E-state index contributed by atoms with van der Waals surface area (Å²) in [6, 6.07) is 16.4. The summed E-state index contributed by atoms with van der Waals surface area (Å²) in [6.45, 7) is 8.68. The number of hydrogen-bond acceptors (Lipinski definition) is 5.